The number of carboxylic acids is 1. The van der Waals surface area contributed by atoms with Crippen LogP contribution in [0.2, 0.25) is 0 Å². The van der Waals surface area contributed by atoms with Crippen LogP contribution in [0.1, 0.15) is 43.7 Å². The van der Waals surface area contributed by atoms with E-state index in [1.807, 2.05) is 18.2 Å². The van der Waals surface area contributed by atoms with Gasteiger partial charge >= 0.3 is 5.97 Å². The molecule has 1 aromatic rings. The van der Waals surface area contributed by atoms with Crippen molar-refractivity contribution < 1.29 is 14.6 Å². The summed E-state index contributed by atoms with van der Waals surface area (Å²) in [5.41, 5.74) is 6.98. The maximum atomic E-state index is 10.7. The lowest BCUT2D eigenvalue weighted by Crippen LogP contribution is -2.20. The van der Waals surface area contributed by atoms with Crippen LogP contribution in [-0.2, 0) is 4.79 Å². The Kier molecular flexibility index (Phi) is 5.43. The van der Waals surface area contributed by atoms with Gasteiger partial charge in [0.15, 0.2) is 0 Å². The number of rotatable bonds is 7. The van der Waals surface area contributed by atoms with Gasteiger partial charge in [-0.1, -0.05) is 22.4 Å². The average molecular weight is 342 g/mol. The van der Waals surface area contributed by atoms with Crippen molar-refractivity contribution in [3.8, 4) is 5.75 Å². The van der Waals surface area contributed by atoms with E-state index in [0.717, 1.165) is 22.4 Å². The van der Waals surface area contributed by atoms with E-state index in [1.165, 1.54) is 19.3 Å². The molecule has 0 aliphatic heterocycles. The molecule has 1 aliphatic carbocycles. The maximum absolute atomic E-state index is 10.7. The molecule has 110 valence electrons. The molecule has 1 fully saturated rings. The molecule has 0 heterocycles. The molecule has 1 saturated carbocycles. The molecule has 1 aliphatic rings. The Morgan fingerprint density at radius 2 is 2.25 bits per heavy atom. The molecule has 0 bridgehead atoms. The second-order valence-electron chi connectivity index (χ2n) is 5.33. The summed E-state index contributed by atoms with van der Waals surface area (Å²) in [7, 11) is 0. The van der Waals surface area contributed by atoms with Crippen molar-refractivity contribution >= 4 is 21.9 Å². The van der Waals surface area contributed by atoms with Gasteiger partial charge in [-0.05, 0) is 43.4 Å². The molecule has 1 unspecified atom stereocenters. The van der Waals surface area contributed by atoms with Gasteiger partial charge in [0.1, 0.15) is 5.75 Å². The molecule has 0 saturated heterocycles. The number of aliphatic carboxylic acids is 1. The second-order valence-corrected chi connectivity index (χ2v) is 6.24. The van der Waals surface area contributed by atoms with Crippen molar-refractivity contribution in [1.82, 2.24) is 0 Å². The molecule has 3 N–H and O–H groups in total. The van der Waals surface area contributed by atoms with E-state index in [2.05, 4.69) is 15.9 Å². The van der Waals surface area contributed by atoms with Crippen molar-refractivity contribution in [1.29, 1.82) is 0 Å². The minimum absolute atomic E-state index is 0.0652. The third-order valence-corrected chi connectivity index (χ3v) is 4.23. The summed E-state index contributed by atoms with van der Waals surface area (Å²) >= 11 is 3.42. The minimum atomic E-state index is -0.826. The van der Waals surface area contributed by atoms with Crippen LogP contribution in [0.15, 0.2) is 22.7 Å². The van der Waals surface area contributed by atoms with Gasteiger partial charge in [0.25, 0.3) is 0 Å². The number of hydrogen-bond acceptors (Lipinski definition) is 3. The van der Waals surface area contributed by atoms with E-state index >= 15 is 0 Å². The molecule has 0 aromatic heterocycles. The molecule has 20 heavy (non-hydrogen) atoms. The van der Waals surface area contributed by atoms with Crippen molar-refractivity contribution in [2.24, 2.45) is 11.7 Å². The van der Waals surface area contributed by atoms with Crippen LogP contribution in [0, 0.1) is 5.92 Å². The van der Waals surface area contributed by atoms with Crippen LogP contribution in [0.5, 0.6) is 5.75 Å². The Bertz CT molecular complexity index is 474. The van der Waals surface area contributed by atoms with Crippen LogP contribution < -0.4 is 10.5 Å². The van der Waals surface area contributed by atoms with Crippen LogP contribution >= 0.6 is 15.9 Å². The number of carbonyl (C=O) groups is 1. The van der Waals surface area contributed by atoms with Crippen molar-refractivity contribution in [2.45, 2.75) is 38.1 Å². The van der Waals surface area contributed by atoms with E-state index in [1.54, 1.807) is 0 Å². The first-order chi connectivity index (χ1) is 9.56. The Morgan fingerprint density at radius 3 is 2.85 bits per heavy atom. The van der Waals surface area contributed by atoms with E-state index in [0.29, 0.717) is 12.3 Å². The van der Waals surface area contributed by atoms with Crippen molar-refractivity contribution in [3.63, 3.8) is 0 Å². The van der Waals surface area contributed by atoms with Crippen LogP contribution in [0.3, 0.4) is 0 Å². The SMILES string of the molecule is NC(CCC(=O)O)c1cc(Br)ccc1OCC1CCC1. The highest BCUT2D eigenvalue weighted by Gasteiger charge is 2.20. The fourth-order valence-corrected chi connectivity index (χ4v) is 2.62. The number of hydrogen-bond donors (Lipinski definition) is 2. The number of ether oxygens (including phenoxy) is 1. The van der Waals surface area contributed by atoms with Crippen molar-refractivity contribution in [3.05, 3.63) is 28.2 Å². The van der Waals surface area contributed by atoms with E-state index in [-0.39, 0.29) is 12.5 Å². The normalized spacial score (nSPS) is 16.5. The predicted molar refractivity (Wildman–Crippen MR) is 80.8 cm³/mol. The lowest BCUT2D eigenvalue weighted by Gasteiger charge is -2.26. The largest absolute Gasteiger partial charge is 0.493 e. The fraction of sp³-hybridized carbons (Fsp3) is 0.533. The monoisotopic (exact) mass is 341 g/mol. The summed E-state index contributed by atoms with van der Waals surface area (Å²) in [6.07, 6.45) is 4.23. The third-order valence-electron chi connectivity index (χ3n) is 3.74. The highest BCUT2D eigenvalue weighted by atomic mass is 79.9. The van der Waals surface area contributed by atoms with E-state index < -0.39 is 5.97 Å². The Hall–Kier alpha value is -1.07. The molecule has 0 radical (unpaired) electrons. The summed E-state index contributed by atoms with van der Waals surface area (Å²) < 4.78 is 6.80. The fourth-order valence-electron chi connectivity index (χ4n) is 2.24. The Balaban J connectivity index is 2.03. The number of carboxylic acid groups (broad SMARTS) is 1. The Labute approximate surface area is 127 Å². The summed E-state index contributed by atoms with van der Waals surface area (Å²) in [4.78, 5) is 10.7. The highest BCUT2D eigenvalue weighted by molar-refractivity contribution is 9.10. The van der Waals surface area contributed by atoms with Gasteiger partial charge in [-0.2, -0.15) is 0 Å². The van der Waals surface area contributed by atoms with Gasteiger partial charge < -0.3 is 15.6 Å². The highest BCUT2D eigenvalue weighted by Crippen LogP contribution is 2.32. The first-order valence-electron chi connectivity index (χ1n) is 6.96. The molecule has 1 aromatic carbocycles. The molecule has 1 atom stereocenters. The third kappa shape index (κ3) is 4.21. The van der Waals surface area contributed by atoms with Gasteiger partial charge in [0.05, 0.1) is 6.61 Å². The number of benzene rings is 1. The molecule has 0 spiro atoms. The molecule has 2 rings (SSSR count). The van der Waals surface area contributed by atoms with Crippen molar-refractivity contribution in [2.75, 3.05) is 6.61 Å². The van der Waals surface area contributed by atoms with Gasteiger partial charge in [0.2, 0.25) is 0 Å². The standard InChI is InChI=1S/C15H20BrNO3/c16-11-4-6-14(20-9-10-2-1-3-10)12(8-11)13(17)5-7-15(18)19/h4,6,8,10,13H,1-3,5,7,9,17H2,(H,18,19). The van der Waals surface area contributed by atoms with Gasteiger partial charge in [0, 0.05) is 22.5 Å². The summed E-state index contributed by atoms with van der Waals surface area (Å²) in [6.45, 7) is 0.723. The van der Waals surface area contributed by atoms with E-state index in [4.69, 9.17) is 15.6 Å². The summed E-state index contributed by atoms with van der Waals surface area (Å²) in [5.74, 6) is 0.604. The molecular formula is C15H20BrNO3. The maximum Gasteiger partial charge on any atom is 0.303 e. The molecule has 4 nitrogen and oxygen atoms in total. The van der Waals surface area contributed by atoms with Gasteiger partial charge in [-0.15, -0.1) is 0 Å². The molecular weight excluding hydrogens is 322 g/mol. The zero-order valence-electron chi connectivity index (χ0n) is 11.3. The lowest BCUT2D eigenvalue weighted by atomic mass is 9.86. The lowest BCUT2D eigenvalue weighted by molar-refractivity contribution is -0.137. The smallest absolute Gasteiger partial charge is 0.303 e. The predicted octanol–water partition coefficient (Wildman–Crippen LogP) is 3.49. The average Bonchev–Trinajstić information content (AvgIpc) is 2.35. The summed E-state index contributed by atoms with van der Waals surface area (Å²) in [5, 5.41) is 8.75. The quantitative estimate of drug-likeness (QED) is 0.796. The topological polar surface area (TPSA) is 72.6 Å². The van der Waals surface area contributed by atoms with Crippen LogP contribution in [-0.4, -0.2) is 17.7 Å². The second kappa shape index (κ2) is 7.09. The summed E-state index contributed by atoms with van der Waals surface area (Å²) in [6, 6.07) is 5.42. The molecule has 0 amide bonds. The first-order valence-corrected chi connectivity index (χ1v) is 7.75. The van der Waals surface area contributed by atoms with Gasteiger partial charge in [-0.25, -0.2) is 0 Å². The molecule has 5 heteroatoms. The van der Waals surface area contributed by atoms with Gasteiger partial charge in [-0.3, -0.25) is 4.79 Å². The zero-order chi connectivity index (χ0) is 14.5. The number of nitrogens with two attached hydrogens (primary N) is 1. The van der Waals surface area contributed by atoms with E-state index in [9.17, 15) is 4.79 Å². The zero-order valence-corrected chi connectivity index (χ0v) is 12.9. The minimum Gasteiger partial charge on any atom is -0.493 e. The van der Waals surface area contributed by atoms with Crippen LogP contribution in [0.4, 0.5) is 0 Å². The number of halogens is 1. The first kappa shape index (κ1) is 15.3. The Morgan fingerprint density at radius 1 is 1.50 bits per heavy atom. The van der Waals surface area contributed by atoms with Crippen LogP contribution in [0.25, 0.3) is 0 Å².